The molecule has 0 unspecified atom stereocenters. The smallest absolute Gasteiger partial charge is 0.277 e. The van der Waals surface area contributed by atoms with Gasteiger partial charge in [-0.15, -0.1) is 21.5 Å². The average molecular weight is 279 g/mol. The summed E-state index contributed by atoms with van der Waals surface area (Å²) in [4.78, 5) is 18.2. The Morgan fingerprint density at radius 3 is 2.78 bits per heavy atom. The van der Waals surface area contributed by atoms with Gasteiger partial charge in [-0.2, -0.15) is 0 Å². The number of nitrogens with one attached hydrogen (secondary N) is 1. The summed E-state index contributed by atoms with van der Waals surface area (Å²) in [7, 11) is 0. The number of amides is 1. The highest BCUT2D eigenvalue weighted by molar-refractivity contribution is 7.17. The highest BCUT2D eigenvalue weighted by atomic mass is 32.1. The number of carbonyl (C=O) groups excluding carboxylic acids is 1. The van der Waals surface area contributed by atoms with E-state index in [1.807, 2.05) is 24.4 Å². The van der Waals surface area contributed by atoms with Gasteiger partial charge in [0.2, 0.25) is 5.13 Å². The molecule has 0 bridgehead atoms. The number of anilines is 1. The molecule has 0 aliphatic rings. The van der Waals surface area contributed by atoms with Gasteiger partial charge in [0.15, 0.2) is 4.96 Å². The second-order valence-corrected chi connectivity index (χ2v) is 6.13. The first-order valence-corrected chi connectivity index (χ1v) is 6.82. The highest BCUT2D eigenvalue weighted by Crippen LogP contribution is 2.18. The average Bonchev–Trinajstić information content (AvgIpc) is 2.92. The maximum absolute atomic E-state index is 11.9. The zero-order chi connectivity index (χ0) is 12.7. The largest absolute Gasteiger partial charge is 0.297 e. The second kappa shape index (κ2) is 4.14. The van der Waals surface area contributed by atoms with E-state index in [4.69, 9.17) is 0 Å². The molecule has 0 fully saturated rings. The molecule has 3 rings (SSSR count). The van der Waals surface area contributed by atoms with E-state index >= 15 is 0 Å². The Morgan fingerprint density at radius 2 is 2.11 bits per heavy atom. The van der Waals surface area contributed by atoms with Gasteiger partial charge < -0.3 is 0 Å². The second-order valence-electron chi connectivity index (χ2n) is 3.74. The number of nitrogens with zero attached hydrogens (tertiary/aromatic N) is 4. The van der Waals surface area contributed by atoms with Crippen molar-refractivity contribution in [1.29, 1.82) is 0 Å². The minimum atomic E-state index is -0.264. The van der Waals surface area contributed by atoms with Gasteiger partial charge in [-0.25, -0.2) is 4.98 Å². The van der Waals surface area contributed by atoms with Crippen LogP contribution in [-0.2, 0) is 0 Å². The third-order valence-corrected chi connectivity index (χ3v) is 3.92. The minimum absolute atomic E-state index is 0.264. The Bertz CT molecular complexity index is 694. The van der Waals surface area contributed by atoms with Gasteiger partial charge in [0.05, 0.1) is 0 Å². The van der Waals surface area contributed by atoms with Crippen LogP contribution in [0.2, 0.25) is 0 Å². The van der Waals surface area contributed by atoms with Crippen molar-refractivity contribution < 1.29 is 4.79 Å². The maximum Gasteiger partial charge on any atom is 0.277 e. The van der Waals surface area contributed by atoms with E-state index in [0.29, 0.717) is 10.8 Å². The zero-order valence-corrected chi connectivity index (χ0v) is 11.3. The van der Waals surface area contributed by atoms with Gasteiger partial charge in [0, 0.05) is 17.3 Å². The van der Waals surface area contributed by atoms with Gasteiger partial charge in [0.25, 0.3) is 5.91 Å². The Kier molecular flexibility index (Phi) is 2.60. The molecule has 92 valence electrons. The predicted octanol–water partition coefficient (Wildman–Crippen LogP) is 2.12. The number of thiazole rings is 1. The van der Waals surface area contributed by atoms with Gasteiger partial charge >= 0.3 is 0 Å². The van der Waals surface area contributed by atoms with E-state index < -0.39 is 0 Å². The van der Waals surface area contributed by atoms with Crippen molar-refractivity contribution in [1.82, 2.24) is 19.6 Å². The van der Waals surface area contributed by atoms with Gasteiger partial charge in [-0.05, 0) is 13.8 Å². The number of hydrogen-bond acceptors (Lipinski definition) is 6. The van der Waals surface area contributed by atoms with E-state index in [0.717, 1.165) is 14.8 Å². The van der Waals surface area contributed by atoms with Gasteiger partial charge in [0.1, 0.15) is 10.7 Å². The fourth-order valence-corrected chi connectivity index (χ4v) is 2.92. The van der Waals surface area contributed by atoms with E-state index in [-0.39, 0.29) is 5.91 Å². The van der Waals surface area contributed by atoms with Gasteiger partial charge in [-0.3, -0.25) is 14.5 Å². The summed E-state index contributed by atoms with van der Waals surface area (Å²) < 4.78 is 1.85. The number of carbonyl (C=O) groups is 1. The molecule has 6 nitrogen and oxygen atoms in total. The summed E-state index contributed by atoms with van der Waals surface area (Å²) in [5.41, 5.74) is 0.383. The monoisotopic (exact) mass is 279 g/mol. The van der Waals surface area contributed by atoms with E-state index in [9.17, 15) is 4.79 Å². The molecule has 0 saturated heterocycles. The molecule has 0 aliphatic carbocycles. The first kappa shape index (κ1) is 11.3. The van der Waals surface area contributed by atoms with Crippen molar-refractivity contribution in [3.63, 3.8) is 0 Å². The van der Waals surface area contributed by atoms with Crippen molar-refractivity contribution in [2.24, 2.45) is 0 Å². The van der Waals surface area contributed by atoms with E-state index in [1.54, 1.807) is 17.5 Å². The third-order valence-electron chi connectivity index (χ3n) is 2.25. The van der Waals surface area contributed by atoms with Crippen LogP contribution < -0.4 is 5.32 Å². The minimum Gasteiger partial charge on any atom is -0.297 e. The van der Waals surface area contributed by atoms with E-state index in [1.165, 1.54) is 11.3 Å². The van der Waals surface area contributed by atoms with Crippen LogP contribution in [0.3, 0.4) is 0 Å². The summed E-state index contributed by atoms with van der Waals surface area (Å²) in [5, 5.41) is 11.7. The Morgan fingerprint density at radius 1 is 1.28 bits per heavy atom. The quantitative estimate of drug-likeness (QED) is 0.780. The predicted molar refractivity (Wildman–Crippen MR) is 70.4 cm³/mol. The van der Waals surface area contributed by atoms with Crippen molar-refractivity contribution in [2.75, 3.05) is 5.32 Å². The lowest BCUT2D eigenvalue weighted by Crippen LogP contribution is -2.12. The lowest BCUT2D eigenvalue weighted by atomic mass is 10.4. The fraction of sp³-hybridized carbons (Fsp3) is 0.200. The molecule has 18 heavy (non-hydrogen) atoms. The lowest BCUT2D eigenvalue weighted by molar-refractivity contribution is 0.102. The Balaban J connectivity index is 1.85. The molecule has 0 radical (unpaired) electrons. The van der Waals surface area contributed by atoms with Crippen LogP contribution in [0.5, 0.6) is 0 Å². The fourth-order valence-electron chi connectivity index (χ4n) is 1.53. The first-order chi connectivity index (χ1) is 8.61. The number of imidazole rings is 1. The highest BCUT2D eigenvalue weighted by Gasteiger charge is 2.14. The number of hydrogen-bond donors (Lipinski definition) is 1. The van der Waals surface area contributed by atoms with Crippen LogP contribution in [0.4, 0.5) is 5.13 Å². The molecule has 0 spiro atoms. The Labute approximate surface area is 110 Å². The van der Waals surface area contributed by atoms with Crippen molar-refractivity contribution in [3.8, 4) is 0 Å². The van der Waals surface area contributed by atoms with Crippen LogP contribution in [-0.4, -0.2) is 25.5 Å². The van der Waals surface area contributed by atoms with Crippen LogP contribution in [0, 0.1) is 13.8 Å². The number of aromatic nitrogens is 4. The van der Waals surface area contributed by atoms with Crippen molar-refractivity contribution >= 4 is 38.7 Å². The molecule has 1 amide bonds. The van der Waals surface area contributed by atoms with Crippen LogP contribution in [0.1, 0.15) is 20.4 Å². The zero-order valence-electron chi connectivity index (χ0n) is 9.67. The maximum atomic E-state index is 11.9. The molecule has 3 aromatic heterocycles. The first-order valence-electron chi connectivity index (χ1n) is 5.18. The third kappa shape index (κ3) is 2.00. The molecular formula is C10H9N5OS2. The molecule has 0 atom stereocenters. The molecule has 0 saturated carbocycles. The van der Waals surface area contributed by atoms with Crippen molar-refractivity contribution in [3.05, 3.63) is 28.0 Å². The summed E-state index contributed by atoms with van der Waals surface area (Å²) >= 11 is 2.88. The summed E-state index contributed by atoms with van der Waals surface area (Å²) in [6.07, 6.45) is 3.65. The SMILES string of the molecule is Cc1cn2cc(C(=O)Nc3nnc(C)s3)nc2s1. The summed E-state index contributed by atoms with van der Waals surface area (Å²) in [6, 6.07) is 0. The molecular weight excluding hydrogens is 270 g/mol. The Hall–Kier alpha value is -1.80. The van der Waals surface area contributed by atoms with E-state index in [2.05, 4.69) is 20.5 Å². The molecule has 1 N–H and O–H groups in total. The van der Waals surface area contributed by atoms with Crippen LogP contribution >= 0.6 is 22.7 Å². The number of rotatable bonds is 2. The lowest BCUT2D eigenvalue weighted by Gasteiger charge is -1.95. The molecule has 0 aliphatic heterocycles. The van der Waals surface area contributed by atoms with Crippen molar-refractivity contribution in [2.45, 2.75) is 13.8 Å². The molecule has 3 heterocycles. The summed E-state index contributed by atoms with van der Waals surface area (Å²) in [5.74, 6) is -0.264. The number of aryl methyl sites for hydroxylation is 2. The van der Waals surface area contributed by atoms with Gasteiger partial charge in [-0.1, -0.05) is 11.3 Å². The normalized spacial score (nSPS) is 11.0. The summed E-state index contributed by atoms with van der Waals surface area (Å²) in [6.45, 7) is 3.84. The standard InChI is InChI=1S/C10H9N5OS2/c1-5-3-15-4-7(11-10(15)17-5)8(16)12-9-14-13-6(2)18-9/h3-4H,1-2H3,(H,12,14,16). The topological polar surface area (TPSA) is 72.2 Å². The van der Waals surface area contributed by atoms with Crippen LogP contribution in [0.25, 0.3) is 4.96 Å². The molecule has 0 aromatic carbocycles. The molecule has 3 aromatic rings. The van der Waals surface area contributed by atoms with Crippen LogP contribution in [0.15, 0.2) is 12.4 Å². The number of fused-ring (bicyclic) bond motifs is 1. The molecule has 8 heteroatoms.